The first-order valence-electron chi connectivity index (χ1n) is 33.7. The quantitative estimate of drug-likeness (QED) is 0.0222. The molecular formula is C65H126O17P2. The standard InChI is InChI=1S/C65H126O17P2/c1-55(2)41-33-25-17-9-13-21-29-37-45-62(67)75-51-60(81-64(69)47-39-31-23-15-11-19-27-35-43-57(5)6)53-79-83(71,72)77-49-59(66)50-78-84(73,74)80-54-61(82-65(70)48-40-32-24-16-12-20-28-36-44-58(7)8)52-76-63(68)46-38-30-22-14-10-18-26-34-42-56(3)4/h55-61,66H,9-54H2,1-8H3,(H,71,72)(H,73,74)/t60-,61-/m1/s1. The fraction of sp³-hybridized carbons (Fsp3) is 0.938. The summed E-state index contributed by atoms with van der Waals surface area (Å²) in [6, 6.07) is 0. The second kappa shape index (κ2) is 55.2. The molecule has 0 aromatic heterocycles. The van der Waals surface area contributed by atoms with Crippen molar-refractivity contribution in [2.45, 2.75) is 331 Å². The first-order valence-corrected chi connectivity index (χ1v) is 36.7. The molecule has 0 aromatic rings. The lowest BCUT2D eigenvalue weighted by Gasteiger charge is -2.21. The van der Waals surface area contributed by atoms with Crippen molar-refractivity contribution in [3.8, 4) is 0 Å². The Labute approximate surface area is 511 Å². The molecule has 0 aliphatic carbocycles. The number of carbonyl (C=O) groups is 4. The van der Waals surface area contributed by atoms with Crippen molar-refractivity contribution in [2.75, 3.05) is 39.6 Å². The summed E-state index contributed by atoms with van der Waals surface area (Å²) in [7, 11) is -9.89. The Morgan fingerprint density at radius 1 is 0.298 bits per heavy atom. The summed E-state index contributed by atoms with van der Waals surface area (Å²) >= 11 is 0. The SMILES string of the molecule is CC(C)CCCCCCCCCCC(=O)OC[C@H](COP(=O)(O)OCC(O)COP(=O)(O)OC[C@@H](COC(=O)CCCCCCCCCCC(C)C)OC(=O)CCCCCCCCCCC(C)C)OC(=O)CCCCCCCCCCC(C)C. The number of phosphoric acid groups is 2. The van der Waals surface area contributed by atoms with E-state index in [0.717, 1.165) is 114 Å². The van der Waals surface area contributed by atoms with Crippen LogP contribution in [-0.2, 0) is 65.4 Å². The van der Waals surface area contributed by atoms with E-state index < -0.39 is 97.5 Å². The summed E-state index contributed by atoms with van der Waals surface area (Å²) in [4.78, 5) is 72.3. The Balaban J connectivity index is 5.26. The monoisotopic (exact) mass is 1240 g/mol. The zero-order valence-corrected chi connectivity index (χ0v) is 56.3. The lowest BCUT2D eigenvalue weighted by atomic mass is 10.0. The van der Waals surface area contributed by atoms with Crippen LogP contribution in [0.3, 0.4) is 0 Å². The van der Waals surface area contributed by atoms with E-state index in [-0.39, 0.29) is 25.7 Å². The predicted octanol–water partition coefficient (Wildman–Crippen LogP) is 17.8. The molecule has 17 nitrogen and oxygen atoms in total. The van der Waals surface area contributed by atoms with Crippen LogP contribution >= 0.6 is 15.6 Å². The van der Waals surface area contributed by atoms with E-state index in [2.05, 4.69) is 55.4 Å². The molecule has 2 unspecified atom stereocenters. The molecule has 0 spiro atoms. The number of phosphoric ester groups is 2. The fourth-order valence-corrected chi connectivity index (χ4v) is 11.2. The summed E-state index contributed by atoms with van der Waals surface area (Å²) in [5.74, 6) is 0.749. The van der Waals surface area contributed by atoms with Gasteiger partial charge in [0, 0.05) is 25.7 Å². The highest BCUT2D eigenvalue weighted by molar-refractivity contribution is 7.47. The van der Waals surface area contributed by atoms with Crippen LogP contribution in [0.2, 0.25) is 0 Å². The summed E-state index contributed by atoms with van der Waals surface area (Å²) in [6.07, 6.45) is 35.0. The highest BCUT2D eigenvalue weighted by Crippen LogP contribution is 2.45. The normalized spacial score (nSPS) is 14.4. The van der Waals surface area contributed by atoms with Gasteiger partial charge in [0.25, 0.3) is 0 Å². The average Bonchev–Trinajstić information content (AvgIpc) is 3.46. The average molecular weight is 1240 g/mol. The van der Waals surface area contributed by atoms with Gasteiger partial charge in [-0.05, 0) is 49.4 Å². The van der Waals surface area contributed by atoms with Crippen LogP contribution in [0.4, 0.5) is 0 Å². The summed E-state index contributed by atoms with van der Waals surface area (Å²) in [5, 5.41) is 10.5. The van der Waals surface area contributed by atoms with Crippen LogP contribution in [0.1, 0.15) is 312 Å². The van der Waals surface area contributed by atoms with Gasteiger partial charge in [0.1, 0.15) is 19.3 Å². The van der Waals surface area contributed by atoms with Gasteiger partial charge >= 0.3 is 39.5 Å². The zero-order chi connectivity index (χ0) is 62.5. The maximum Gasteiger partial charge on any atom is 0.472 e. The maximum atomic E-state index is 13.0. The van der Waals surface area contributed by atoms with Gasteiger partial charge in [-0.25, -0.2) is 9.13 Å². The van der Waals surface area contributed by atoms with E-state index in [1.807, 2.05) is 0 Å². The molecule has 0 aliphatic heterocycles. The summed E-state index contributed by atoms with van der Waals surface area (Å²) < 4.78 is 68.0. The molecule has 0 aliphatic rings. The molecule has 0 radical (unpaired) electrons. The molecule has 0 amide bonds. The van der Waals surface area contributed by atoms with Crippen LogP contribution in [0, 0.1) is 23.7 Å². The predicted molar refractivity (Wildman–Crippen MR) is 335 cm³/mol. The lowest BCUT2D eigenvalue weighted by Crippen LogP contribution is -2.30. The van der Waals surface area contributed by atoms with E-state index in [9.17, 15) is 43.2 Å². The van der Waals surface area contributed by atoms with Crippen LogP contribution in [0.25, 0.3) is 0 Å². The van der Waals surface area contributed by atoms with Crippen LogP contribution in [0.15, 0.2) is 0 Å². The number of esters is 4. The molecule has 0 bridgehead atoms. The van der Waals surface area contributed by atoms with Crippen LogP contribution in [-0.4, -0.2) is 96.7 Å². The molecule has 0 saturated carbocycles. The maximum absolute atomic E-state index is 13.0. The van der Waals surface area contributed by atoms with Crippen molar-refractivity contribution in [1.29, 1.82) is 0 Å². The third kappa shape index (κ3) is 59.0. The Bertz CT molecular complexity index is 1560. The molecule has 0 rings (SSSR count). The van der Waals surface area contributed by atoms with Crippen LogP contribution in [0.5, 0.6) is 0 Å². The Hall–Kier alpha value is -1.94. The second-order valence-electron chi connectivity index (χ2n) is 25.4. The Kier molecular flexibility index (Phi) is 53.9. The highest BCUT2D eigenvalue weighted by Gasteiger charge is 2.30. The molecule has 0 saturated heterocycles. The van der Waals surface area contributed by atoms with Crippen molar-refractivity contribution < 1.29 is 80.2 Å². The molecule has 19 heteroatoms. The highest BCUT2D eigenvalue weighted by atomic mass is 31.2. The van der Waals surface area contributed by atoms with E-state index in [1.165, 1.54) is 116 Å². The fourth-order valence-electron chi connectivity index (χ4n) is 9.61. The van der Waals surface area contributed by atoms with Crippen molar-refractivity contribution in [2.24, 2.45) is 23.7 Å². The minimum atomic E-state index is -4.95. The molecule has 3 N–H and O–H groups in total. The van der Waals surface area contributed by atoms with E-state index in [4.69, 9.17) is 37.0 Å². The number of aliphatic hydroxyl groups excluding tert-OH is 1. The van der Waals surface area contributed by atoms with Gasteiger partial charge < -0.3 is 33.8 Å². The molecule has 84 heavy (non-hydrogen) atoms. The van der Waals surface area contributed by atoms with Crippen molar-refractivity contribution in [3.05, 3.63) is 0 Å². The molecular weight excluding hydrogens is 1110 g/mol. The Morgan fingerprint density at radius 3 is 0.738 bits per heavy atom. The Morgan fingerprint density at radius 2 is 0.500 bits per heavy atom. The molecule has 0 fully saturated rings. The van der Waals surface area contributed by atoms with Gasteiger partial charge in [-0.15, -0.1) is 0 Å². The van der Waals surface area contributed by atoms with Crippen molar-refractivity contribution in [3.63, 3.8) is 0 Å². The van der Waals surface area contributed by atoms with E-state index >= 15 is 0 Å². The largest absolute Gasteiger partial charge is 0.472 e. The first-order chi connectivity index (χ1) is 40.1. The van der Waals surface area contributed by atoms with Gasteiger partial charge in [0.15, 0.2) is 12.2 Å². The van der Waals surface area contributed by atoms with Gasteiger partial charge in [-0.2, -0.15) is 0 Å². The van der Waals surface area contributed by atoms with Gasteiger partial charge in [-0.1, -0.05) is 261 Å². The first kappa shape index (κ1) is 82.1. The molecule has 0 heterocycles. The summed E-state index contributed by atoms with van der Waals surface area (Å²) in [5.41, 5.74) is 0. The smallest absolute Gasteiger partial charge is 0.462 e. The van der Waals surface area contributed by atoms with E-state index in [0.29, 0.717) is 25.7 Å². The van der Waals surface area contributed by atoms with Gasteiger partial charge in [0.05, 0.1) is 26.4 Å². The molecule has 0 aromatic carbocycles. The number of hydrogen-bond donors (Lipinski definition) is 3. The number of hydrogen-bond acceptors (Lipinski definition) is 15. The number of rotatable bonds is 62. The van der Waals surface area contributed by atoms with Gasteiger partial charge in [-0.3, -0.25) is 37.3 Å². The summed E-state index contributed by atoms with van der Waals surface area (Å²) in [6.45, 7) is 13.9. The van der Waals surface area contributed by atoms with Gasteiger partial charge in [0.2, 0.25) is 0 Å². The zero-order valence-electron chi connectivity index (χ0n) is 54.5. The van der Waals surface area contributed by atoms with Crippen molar-refractivity contribution in [1.82, 2.24) is 0 Å². The molecule has 498 valence electrons. The van der Waals surface area contributed by atoms with Crippen LogP contribution < -0.4 is 0 Å². The second-order valence-corrected chi connectivity index (χ2v) is 28.3. The number of unbranched alkanes of at least 4 members (excludes halogenated alkanes) is 28. The van der Waals surface area contributed by atoms with Crippen molar-refractivity contribution >= 4 is 39.5 Å². The third-order valence-electron chi connectivity index (χ3n) is 14.8. The number of ether oxygens (including phenoxy) is 4. The minimum Gasteiger partial charge on any atom is -0.462 e. The minimum absolute atomic E-state index is 0.103. The number of aliphatic hydroxyl groups is 1. The molecule has 4 atom stereocenters. The van der Waals surface area contributed by atoms with E-state index in [1.54, 1.807) is 0 Å². The number of carbonyl (C=O) groups excluding carboxylic acids is 4. The third-order valence-corrected chi connectivity index (χ3v) is 16.7. The topological polar surface area (TPSA) is 237 Å². The lowest BCUT2D eigenvalue weighted by molar-refractivity contribution is -0.161.